The predicted molar refractivity (Wildman–Crippen MR) is 107 cm³/mol. The number of hydrogen-bond acceptors (Lipinski definition) is 3. The van der Waals surface area contributed by atoms with E-state index in [1.165, 1.54) is 31.4 Å². The zero-order valence-electron chi connectivity index (χ0n) is 16.1. The number of rotatable bonds is 6. The number of benzene rings is 1. The average molecular weight is 371 g/mol. The highest BCUT2D eigenvalue weighted by Crippen LogP contribution is 2.52. The molecule has 4 rings (SSSR count). The topological polar surface area (TPSA) is 38.1 Å². The van der Waals surface area contributed by atoms with Crippen molar-refractivity contribution in [1.29, 1.82) is 0 Å². The number of aromatic nitrogens is 2. The number of nitrogens with zero attached hydrogens (tertiary/aromatic N) is 2. The van der Waals surface area contributed by atoms with Crippen LogP contribution >= 0.6 is 11.8 Å². The lowest BCUT2D eigenvalue weighted by molar-refractivity contribution is 0.203. The van der Waals surface area contributed by atoms with Crippen LogP contribution in [0.1, 0.15) is 61.7 Å². The van der Waals surface area contributed by atoms with E-state index < -0.39 is 6.10 Å². The molecule has 0 amide bonds. The summed E-state index contributed by atoms with van der Waals surface area (Å²) in [6, 6.07) is 10.4. The van der Waals surface area contributed by atoms with Crippen LogP contribution in [0.2, 0.25) is 0 Å². The van der Waals surface area contributed by atoms with Crippen LogP contribution in [-0.2, 0) is 0 Å². The van der Waals surface area contributed by atoms with Gasteiger partial charge in [-0.15, -0.1) is 0 Å². The monoisotopic (exact) mass is 370 g/mol. The van der Waals surface area contributed by atoms with Gasteiger partial charge in [-0.25, -0.2) is 4.98 Å². The second-order valence-corrected chi connectivity index (χ2v) is 9.24. The number of fused-ring (bicyclic) bond motifs is 2. The summed E-state index contributed by atoms with van der Waals surface area (Å²) in [5.41, 5.74) is 3.39. The zero-order valence-corrected chi connectivity index (χ0v) is 16.9. The quantitative estimate of drug-likeness (QED) is 0.699. The van der Waals surface area contributed by atoms with Crippen molar-refractivity contribution in [3.05, 3.63) is 47.3 Å². The van der Waals surface area contributed by atoms with Crippen LogP contribution in [0.25, 0.3) is 0 Å². The highest BCUT2D eigenvalue weighted by molar-refractivity contribution is 7.99. The van der Waals surface area contributed by atoms with E-state index in [0.29, 0.717) is 11.8 Å². The standard InChI is InChI=1S/C22H30N2OS/c1-14-15(2)24(16(3)20-12-17-9-10-19(20)11-17)22(23-14)26-13-21(25)18-7-5-4-6-8-18/h4-8,16-17,19-21,25H,9-13H2,1-3H3/t16-,17+,19+,20-,21+/m1/s1. The van der Waals surface area contributed by atoms with Gasteiger partial charge in [0.2, 0.25) is 0 Å². The molecule has 2 saturated carbocycles. The molecule has 0 saturated heterocycles. The van der Waals surface area contributed by atoms with Crippen molar-refractivity contribution in [3.63, 3.8) is 0 Å². The Balaban J connectivity index is 1.51. The summed E-state index contributed by atoms with van der Waals surface area (Å²) in [4.78, 5) is 4.85. The molecule has 2 aliphatic rings. The SMILES string of the molecule is Cc1nc(SC[C@H](O)c2ccccc2)n([C@H](C)[C@H]2C[C@H]3CC[C@H]2C3)c1C. The Kier molecular flexibility index (Phi) is 5.15. The van der Waals surface area contributed by atoms with Gasteiger partial charge in [0, 0.05) is 17.5 Å². The van der Waals surface area contributed by atoms with Gasteiger partial charge >= 0.3 is 0 Å². The van der Waals surface area contributed by atoms with Crippen molar-refractivity contribution < 1.29 is 5.11 Å². The van der Waals surface area contributed by atoms with Crippen LogP contribution in [0.3, 0.4) is 0 Å². The summed E-state index contributed by atoms with van der Waals surface area (Å²) in [7, 11) is 0. The maximum Gasteiger partial charge on any atom is 0.168 e. The van der Waals surface area contributed by atoms with Gasteiger partial charge in [-0.1, -0.05) is 48.5 Å². The van der Waals surface area contributed by atoms with Crippen molar-refractivity contribution in [3.8, 4) is 0 Å². The van der Waals surface area contributed by atoms with Crippen molar-refractivity contribution >= 4 is 11.8 Å². The second kappa shape index (κ2) is 7.40. The first-order valence-corrected chi connectivity index (χ1v) is 10.9. The molecule has 1 aromatic heterocycles. The van der Waals surface area contributed by atoms with Crippen LogP contribution in [0.4, 0.5) is 0 Å². The summed E-state index contributed by atoms with van der Waals surface area (Å²) >= 11 is 1.69. The third-order valence-corrected chi connectivity index (χ3v) is 7.76. The lowest BCUT2D eigenvalue weighted by atomic mass is 9.84. The fourth-order valence-electron chi connectivity index (χ4n) is 5.18. The summed E-state index contributed by atoms with van der Waals surface area (Å²) in [5, 5.41) is 11.6. The molecule has 2 bridgehead atoms. The molecule has 140 valence electrons. The number of hydrogen-bond donors (Lipinski definition) is 1. The molecule has 4 heteroatoms. The van der Waals surface area contributed by atoms with Crippen LogP contribution in [0.5, 0.6) is 0 Å². The zero-order chi connectivity index (χ0) is 18.3. The van der Waals surface area contributed by atoms with Crippen molar-refractivity contribution in [2.24, 2.45) is 17.8 Å². The number of aliphatic hydroxyl groups is 1. The largest absolute Gasteiger partial charge is 0.388 e. The van der Waals surface area contributed by atoms with E-state index in [4.69, 9.17) is 4.98 Å². The Hall–Kier alpha value is -1.26. The van der Waals surface area contributed by atoms with Crippen molar-refractivity contribution in [2.45, 2.75) is 63.8 Å². The van der Waals surface area contributed by atoms with Gasteiger partial charge in [-0.2, -0.15) is 0 Å². The molecule has 2 aliphatic carbocycles. The first-order chi connectivity index (χ1) is 12.5. The van der Waals surface area contributed by atoms with Crippen LogP contribution < -0.4 is 0 Å². The molecule has 0 aliphatic heterocycles. The Labute approximate surface area is 161 Å². The molecule has 5 atom stereocenters. The van der Waals surface area contributed by atoms with E-state index in [9.17, 15) is 5.11 Å². The Morgan fingerprint density at radius 1 is 1.19 bits per heavy atom. The van der Waals surface area contributed by atoms with Gasteiger partial charge in [-0.3, -0.25) is 0 Å². The van der Waals surface area contributed by atoms with Crippen molar-refractivity contribution in [2.75, 3.05) is 5.75 Å². The number of aryl methyl sites for hydroxylation is 1. The number of imidazole rings is 1. The summed E-state index contributed by atoms with van der Waals surface area (Å²) < 4.78 is 2.46. The van der Waals surface area contributed by atoms with Gasteiger partial charge in [0.25, 0.3) is 0 Å². The van der Waals surface area contributed by atoms with E-state index >= 15 is 0 Å². The maximum absolute atomic E-state index is 10.5. The number of thioether (sulfide) groups is 1. The molecule has 1 N–H and O–H groups in total. The highest BCUT2D eigenvalue weighted by atomic mass is 32.2. The van der Waals surface area contributed by atoms with E-state index in [-0.39, 0.29) is 0 Å². The molecular formula is C22H30N2OS. The minimum absolute atomic E-state index is 0.454. The molecular weight excluding hydrogens is 340 g/mol. The van der Waals surface area contributed by atoms with Crippen LogP contribution in [0.15, 0.2) is 35.5 Å². The smallest absolute Gasteiger partial charge is 0.168 e. The lowest BCUT2D eigenvalue weighted by Gasteiger charge is -2.30. The highest BCUT2D eigenvalue weighted by Gasteiger charge is 2.43. The van der Waals surface area contributed by atoms with Crippen molar-refractivity contribution in [1.82, 2.24) is 9.55 Å². The van der Waals surface area contributed by atoms with E-state index in [2.05, 4.69) is 25.3 Å². The van der Waals surface area contributed by atoms with Gasteiger partial charge < -0.3 is 9.67 Å². The first-order valence-electron chi connectivity index (χ1n) is 9.95. The Morgan fingerprint density at radius 2 is 1.96 bits per heavy atom. The van der Waals surface area contributed by atoms with E-state index in [1.807, 2.05) is 30.3 Å². The minimum Gasteiger partial charge on any atom is -0.388 e. The lowest BCUT2D eigenvalue weighted by Crippen LogP contribution is -2.23. The Bertz CT molecular complexity index is 757. The average Bonchev–Trinajstić information content (AvgIpc) is 3.35. The third kappa shape index (κ3) is 3.34. The van der Waals surface area contributed by atoms with Gasteiger partial charge in [0.05, 0.1) is 11.8 Å². The molecule has 0 unspecified atom stereocenters. The fourth-order valence-corrected chi connectivity index (χ4v) is 6.32. The van der Waals surface area contributed by atoms with Gasteiger partial charge in [0.1, 0.15) is 0 Å². The predicted octanol–water partition coefficient (Wildman–Crippen LogP) is 5.32. The summed E-state index contributed by atoms with van der Waals surface area (Å²) in [5.74, 6) is 3.31. The minimum atomic E-state index is -0.454. The molecule has 2 fully saturated rings. The third-order valence-electron chi connectivity index (χ3n) is 6.73. The van der Waals surface area contributed by atoms with E-state index in [1.54, 1.807) is 11.8 Å². The van der Waals surface area contributed by atoms with E-state index in [0.717, 1.165) is 34.2 Å². The molecule has 26 heavy (non-hydrogen) atoms. The molecule has 0 spiro atoms. The molecule has 3 nitrogen and oxygen atoms in total. The van der Waals surface area contributed by atoms with Gasteiger partial charge in [-0.05, 0) is 63.4 Å². The van der Waals surface area contributed by atoms with Crippen LogP contribution in [0, 0.1) is 31.6 Å². The van der Waals surface area contributed by atoms with Crippen LogP contribution in [-0.4, -0.2) is 20.4 Å². The molecule has 1 heterocycles. The first kappa shape index (κ1) is 18.1. The molecule has 0 radical (unpaired) electrons. The summed E-state index contributed by atoms with van der Waals surface area (Å²) in [6.07, 6.45) is 5.24. The number of aliphatic hydroxyl groups excluding tert-OH is 1. The van der Waals surface area contributed by atoms with Gasteiger partial charge in [0.15, 0.2) is 5.16 Å². The Morgan fingerprint density at radius 3 is 2.62 bits per heavy atom. The molecule has 1 aromatic carbocycles. The molecule has 2 aromatic rings. The second-order valence-electron chi connectivity index (χ2n) is 8.25. The maximum atomic E-state index is 10.5. The fraction of sp³-hybridized carbons (Fsp3) is 0.591. The normalized spacial score (nSPS) is 27.0. The summed E-state index contributed by atoms with van der Waals surface area (Å²) in [6.45, 7) is 6.69.